The third-order valence-electron chi connectivity index (χ3n) is 3.05. The largest absolute Gasteiger partial charge is 0.504 e. The molecular formula is C16H11NO5. The van der Waals surface area contributed by atoms with Crippen molar-refractivity contribution < 1.29 is 24.3 Å². The van der Waals surface area contributed by atoms with Gasteiger partial charge in [-0.25, -0.2) is 4.79 Å². The van der Waals surface area contributed by atoms with Gasteiger partial charge in [-0.15, -0.1) is 0 Å². The molecule has 2 aromatic carbocycles. The van der Waals surface area contributed by atoms with E-state index in [1.54, 1.807) is 30.3 Å². The van der Waals surface area contributed by atoms with Gasteiger partial charge in [0, 0.05) is 11.6 Å². The fraction of sp³-hybridized carbons (Fsp3) is 0. The minimum Gasteiger partial charge on any atom is -0.504 e. The molecule has 0 spiro atoms. The van der Waals surface area contributed by atoms with E-state index in [1.807, 2.05) is 0 Å². The lowest BCUT2D eigenvalue weighted by Gasteiger charge is -2.11. The number of hydrogen-bond acceptors (Lipinski definition) is 6. The van der Waals surface area contributed by atoms with Gasteiger partial charge in [0.2, 0.25) is 0 Å². The van der Waals surface area contributed by atoms with Gasteiger partial charge in [-0.1, -0.05) is 35.5 Å². The summed E-state index contributed by atoms with van der Waals surface area (Å²) >= 11 is 0. The number of ether oxygens (including phenoxy) is 1. The Balaban J connectivity index is 2.08. The standard InChI is InChI=1S/C16H11NO5/c18-12-7-6-11(16(20)21-13-8-9-17-22-13)14(15(12)19)10-4-2-1-3-5-10/h1-9,18-19H. The first-order valence-corrected chi connectivity index (χ1v) is 6.40. The Labute approximate surface area is 125 Å². The summed E-state index contributed by atoms with van der Waals surface area (Å²) in [6.45, 7) is 0. The van der Waals surface area contributed by atoms with Crippen molar-refractivity contribution in [3.05, 3.63) is 60.3 Å². The van der Waals surface area contributed by atoms with Gasteiger partial charge in [-0.2, -0.15) is 0 Å². The highest BCUT2D eigenvalue weighted by Gasteiger charge is 2.21. The maximum atomic E-state index is 12.3. The summed E-state index contributed by atoms with van der Waals surface area (Å²) in [5.74, 6) is -1.50. The van der Waals surface area contributed by atoms with Gasteiger partial charge < -0.3 is 19.5 Å². The first-order chi connectivity index (χ1) is 10.7. The second-order valence-corrected chi connectivity index (χ2v) is 4.44. The molecule has 0 amide bonds. The smallest absolute Gasteiger partial charge is 0.346 e. The molecule has 3 aromatic rings. The van der Waals surface area contributed by atoms with Crippen LogP contribution in [0.5, 0.6) is 17.4 Å². The van der Waals surface area contributed by atoms with E-state index >= 15 is 0 Å². The third kappa shape index (κ3) is 2.49. The van der Waals surface area contributed by atoms with E-state index in [1.165, 1.54) is 24.4 Å². The first kappa shape index (κ1) is 13.7. The number of nitrogens with zero attached hydrogens (tertiary/aromatic N) is 1. The summed E-state index contributed by atoms with van der Waals surface area (Å²) in [5.41, 5.74) is 0.850. The zero-order valence-electron chi connectivity index (χ0n) is 11.3. The minimum atomic E-state index is -0.731. The van der Waals surface area contributed by atoms with Crippen LogP contribution in [0.15, 0.2) is 59.3 Å². The van der Waals surface area contributed by atoms with E-state index < -0.39 is 11.7 Å². The van der Waals surface area contributed by atoms with Crippen molar-refractivity contribution in [2.24, 2.45) is 0 Å². The predicted octanol–water partition coefficient (Wildman–Crippen LogP) is 2.97. The molecule has 0 aliphatic heterocycles. The molecule has 0 unspecified atom stereocenters. The second-order valence-electron chi connectivity index (χ2n) is 4.44. The molecule has 0 radical (unpaired) electrons. The van der Waals surface area contributed by atoms with Crippen LogP contribution in [0.1, 0.15) is 10.4 Å². The predicted molar refractivity (Wildman–Crippen MR) is 76.7 cm³/mol. The van der Waals surface area contributed by atoms with Crippen molar-refractivity contribution in [1.29, 1.82) is 0 Å². The highest BCUT2D eigenvalue weighted by Crippen LogP contribution is 2.39. The summed E-state index contributed by atoms with van der Waals surface area (Å²) < 4.78 is 9.76. The number of phenolic OH excluding ortho intramolecular Hbond substituents is 2. The summed E-state index contributed by atoms with van der Waals surface area (Å²) in [6.07, 6.45) is 1.34. The molecule has 110 valence electrons. The molecule has 0 fully saturated rings. The molecule has 1 aromatic heterocycles. The normalized spacial score (nSPS) is 10.4. The number of aromatic hydroxyl groups is 2. The lowest BCUT2D eigenvalue weighted by atomic mass is 9.98. The van der Waals surface area contributed by atoms with Gasteiger partial charge in [-0.05, 0) is 17.7 Å². The van der Waals surface area contributed by atoms with Crippen LogP contribution in [0, 0.1) is 0 Å². The van der Waals surface area contributed by atoms with Crippen LogP contribution in [-0.4, -0.2) is 21.3 Å². The van der Waals surface area contributed by atoms with E-state index in [0.717, 1.165) is 0 Å². The second kappa shape index (κ2) is 5.61. The number of hydrogen-bond donors (Lipinski definition) is 2. The Morgan fingerprint density at radius 1 is 1.05 bits per heavy atom. The van der Waals surface area contributed by atoms with Crippen molar-refractivity contribution in [2.75, 3.05) is 0 Å². The molecule has 6 nitrogen and oxygen atoms in total. The zero-order valence-corrected chi connectivity index (χ0v) is 11.3. The quantitative estimate of drug-likeness (QED) is 0.570. The van der Waals surface area contributed by atoms with E-state index in [2.05, 4.69) is 5.16 Å². The number of carbonyl (C=O) groups excluding carboxylic acids is 1. The molecule has 0 aliphatic carbocycles. The van der Waals surface area contributed by atoms with Gasteiger partial charge in [0.25, 0.3) is 0 Å². The van der Waals surface area contributed by atoms with E-state index in [-0.39, 0.29) is 22.8 Å². The number of phenols is 2. The Hall–Kier alpha value is -3.28. The maximum absolute atomic E-state index is 12.3. The monoisotopic (exact) mass is 297 g/mol. The highest BCUT2D eigenvalue weighted by atomic mass is 16.6. The molecule has 0 aliphatic rings. The van der Waals surface area contributed by atoms with E-state index in [0.29, 0.717) is 5.56 Å². The van der Waals surface area contributed by atoms with Crippen LogP contribution in [-0.2, 0) is 0 Å². The Morgan fingerprint density at radius 2 is 1.82 bits per heavy atom. The average molecular weight is 297 g/mol. The van der Waals surface area contributed by atoms with Gasteiger partial charge >= 0.3 is 11.9 Å². The molecule has 1 heterocycles. The summed E-state index contributed by atoms with van der Waals surface area (Å²) in [5, 5.41) is 23.2. The number of carbonyl (C=O) groups is 1. The Kier molecular flexibility index (Phi) is 3.49. The van der Waals surface area contributed by atoms with E-state index in [4.69, 9.17) is 9.26 Å². The highest BCUT2D eigenvalue weighted by molar-refractivity contribution is 6.00. The van der Waals surface area contributed by atoms with Gasteiger partial charge in [0.15, 0.2) is 11.5 Å². The molecule has 0 bridgehead atoms. The minimum absolute atomic E-state index is 0.0587. The third-order valence-corrected chi connectivity index (χ3v) is 3.05. The zero-order chi connectivity index (χ0) is 15.5. The maximum Gasteiger partial charge on any atom is 0.346 e. The van der Waals surface area contributed by atoms with Crippen LogP contribution < -0.4 is 4.74 Å². The van der Waals surface area contributed by atoms with Crippen LogP contribution in [0.4, 0.5) is 0 Å². The number of esters is 1. The lowest BCUT2D eigenvalue weighted by molar-refractivity contribution is 0.0680. The van der Waals surface area contributed by atoms with Gasteiger partial charge in [0.1, 0.15) is 0 Å². The molecule has 22 heavy (non-hydrogen) atoms. The first-order valence-electron chi connectivity index (χ1n) is 6.40. The van der Waals surface area contributed by atoms with Gasteiger partial charge in [0.05, 0.1) is 11.8 Å². The average Bonchev–Trinajstić information content (AvgIpc) is 3.03. The van der Waals surface area contributed by atoms with Gasteiger partial charge in [-0.3, -0.25) is 0 Å². The van der Waals surface area contributed by atoms with Crippen molar-refractivity contribution in [1.82, 2.24) is 5.16 Å². The molecule has 0 atom stereocenters. The lowest BCUT2D eigenvalue weighted by Crippen LogP contribution is -2.09. The summed E-state index contributed by atoms with van der Waals surface area (Å²) in [6, 6.07) is 12.7. The molecule has 3 rings (SSSR count). The topological polar surface area (TPSA) is 92.8 Å². The van der Waals surface area contributed by atoms with Crippen molar-refractivity contribution in [3.63, 3.8) is 0 Å². The number of aromatic nitrogens is 1. The van der Waals surface area contributed by atoms with Crippen molar-refractivity contribution in [2.45, 2.75) is 0 Å². The van der Waals surface area contributed by atoms with E-state index in [9.17, 15) is 15.0 Å². The van der Waals surface area contributed by atoms with Crippen LogP contribution in [0.25, 0.3) is 11.1 Å². The molecule has 0 saturated heterocycles. The fourth-order valence-electron chi connectivity index (χ4n) is 2.05. The molecule has 2 N–H and O–H groups in total. The summed E-state index contributed by atoms with van der Waals surface area (Å²) in [4.78, 5) is 12.3. The van der Waals surface area contributed by atoms with Crippen LogP contribution in [0.2, 0.25) is 0 Å². The number of benzene rings is 2. The molecule has 0 saturated carbocycles. The van der Waals surface area contributed by atoms with Crippen molar-refractivity contribution in [3.8, 4) is 28.6 Å². The van der Waals surface area contributed by atoms with Crippen LogP contribution >= 0.6 is 0 Å². The number of rotatable bonds is 3. The SMILES string of the molecule is O=C(Oc1ccno1)c1ccc(O)c(O)c1-c1ccccc1. The molecule has 6 heteroatoms. The Morgan fingerprint density at radius 3 is 2.50 bits per heavy atom. The summed E-state index contributed by atoms with van der Waals surface area (Å²) in [7, 11) is 0. The van der Waals surface area contributed by atoms with Crippen molar-refractivity contribution >= 4 is 5.97 Å². The molecular weight excluding hydrogens is 286 g/mol. The fourth-order valence-corrected chi connectivity index (χ4v) is 2.05. The van der Waals surface area contributed by atoms with Crippen LogP contribution in [0.3, 0.4) is 0 Å². The Bertz CT molecular complexity index is 797.